The summed E-state index contributed by atoms with van der Waals surface area (Å²) in [7, 11) is 0. The van der Waals surface area contributed by atoms with Gasteiger partial charge in [0, 0.05) is 58.6 Å². The van der Waals surface area contributed by atoms with Crippen molar-refractivity contribution in [3.63, 3.8) is 0 Å². The molecule has 3 aromatic heterocycles. The van der Waals surface area contributed by atoms with E-state index in [4.69, 9.17) is 19.9 Å². The highest BCUT2D eigenvalue weighted by Gasteiger charge is 2.19. The van der Waals surface area contributed by atoms with E-state index in [0.717, 1.165) is 55.5 Å². The standard InChI is InChI=1S/C52H32N4S/c1-4-15-33(16-5-1)36-21-12-23-38(31-36)51-54-50(35-19-8-3-9-20-35)55-52(56-51)39-24-13-22-37(32-39)40-26-14-27-43-47-45(57-49(40)43)30-29-42-46(47)41-25-10-11-28-44(41)53-48(42)34-17-6-2-7-18-34/h1-32H. The number of fused-ring (bicyclic) bond motifs is 7. The zero-order valence-electron chi connectivity index (χ0n) is 30.7. The summed E-state index contributed by atoms with van der Waals surface area (Å²) in [6.45, 7) is 0. The fourth-order valence-electron chi connectivity index (χ4n) is 8.02. The molecule has 0 radical (unpaired) electrons. The second-order valence-corrected chi connectivity index (χ2v) is 15.2. The second-order valence-electron chi connectivity index (χ2n) is 14.2. The summed E-state index contributed by atoms with van der Waals surface area (Å²) >= 11 is 1.85. The lowest BCUT2D eigenvalue weighted by molar-refractivity contribution is 1.07. The molecule has 11 aromatic rings. The summed E-state index contributed by atoms with van der Waals surface area (Å²) in [4.78, 5) is 20.5. The maximum atomic E-state index is 5.20. The Morgan fingerprint density at radius 3 is 1.56 bits per heavy atom. The molecular formula is C52H32N4S. The maximum absolute atomic E-state index is 5.20. The van der Waals surface area contributed by atoms with Gasteiger partial charge in [-0.25, -0.2) is 19.9 Å². The number of hydrogen-bond acceptors (Lipinski definition) is 5. The number of pyridine rings is 1. The van der Waals surface area contributed by atoms with Crippen LogP contribution in [-0.2, 0) is 0 Å². The molecule has 0 saturated heterocycles. The maximum Gasteiger partial charge on any atom is 0.164 e. The van der Waals surface area contributed by atoms with Crippen molar-refractivity contribution in [2.24, 2.45) is 0 Å². The smallest absolute Gasteiger partial charge is 0.164 e. The van der Waals surface area contributed by atoms with Gasteiger partial charge in [-0.1, -0.05) is 170 Å². The third-order valence-electron chi connectivity index (χ3n) is 10.7. The molecule has 0 aliphatic rings. The molecule has 0 atom stereocenters. The van der Waals surface area contributed by atoms with E-state index in [1.807, 2.05) is 47.7 Å². The Hall–Kier alpha value is -7.34. The van der Waals surface area contributed by atoms with Gasteiger partial charge in [-0.05, 0) is 46.5 Å². The van der Waals surface area contributed by atoms with Crippen LogP contribution in [0.1, 0.15) is 0 Å². The van der Waals surface area contributed by atoms with Gasteiger partial charge in [-0.3, -0.25) is 0 Å². The molecule has 0 aliphatic carbocycles. The van der Waals surface area contributed by atoms with Crippen LogP contribution in [-0.4, -0.2) is 19.9 Å². The Labute approximate surface area is 333 Å². The van der Waals surface area contributed by atoms with Crippen molar-refractivity contribution < 1.29 is 0 Å². The molecule has 3 heterocycles. The number of benzene rings is 8. The predicted octanol–water partition coefficient (Wildman–Crippen LogP) is 13.9. The van der Waals surface area contributed by atoms with Crippen LogP contribution in [0.3, 0.4) is 0 Å². The summed E-state index contributed by atoms with van der Waals surface area (Å²) in [5.41, 5.74) is 10.5. The first-order valence-corrected chi connectivity index (χ1v) is 19.9. The van der Waals surface area contributed by atoms with Gasteiger partial charge in [-0.15, -0.1) is 11.3 Å². The molecule has 4 nitrogen and oxygen atoms in total. The van der Waals surface area contributed by atoms with Crippen LogP contribution in [0, 0.1) is 0 Å². The van der Waals surface area contributed by atoms with Crippen molar-refractivity contribution in [1.29, 1.82) is 0 Å². The lowest BCUT2D eigenvalue weighted by Gasteiger charge is -2.12. The van der Waals surface area contributed by atoms with Gasteiger partial charge in [0.15, 0.2) is 17.5 Å². The fraction of sp³-hybridized carbons (Fsp3) is 0. The molecule has 0 N–H and O–H groups in total. The van der Waals surface area contributed by atoms with E-state index >= 15 is 0 Å². The molecule has 0 fully saturated rings. The first kappa shape index (κ1) is 33.0. The van der Waals surface area contributed by atoms with Crippen molar-refractivity contribution >= 4 is 53.2 Å². The first-order valence-electron chi connectivity index (χ1n) is 19.1. The molecule has 266 valence electrons. The zero-order valence-corrected chi connectivity index (χ0v) is 31.5. The van der Waals surface area contributed by atoms with Gasteiger partial charge in [0.1, 0.15) is 0 Å². The molecule has 0 aliphatic heterocycles. The fourth-order valence-corrected chi connectivity index (χ4v) is 9.26. The van der Waals surface area contributed by atoms with E-state index in [0.29, 0.717) is 17.5 Å². The number of hydrogen-bond donors (Lipinski definition) is 0. The molecular weight excluding hydrogens is 713 g/mol. The monoisotopic (exact) mass is 744 g/mol. The molecule has 0 spiro atoms. The topological polar surface area (TPSA) is 51.6 Å². The predicted molar refractivity (Wildman–Crippen MR) is 238 cm³/mol. The molecule has 5 heteroatoms. The molecule has 8 aromatic carbocycles. The van der Waals surface area contributed by atoms with Gasteiger partial charge in [-0.2, -0.15) is 0 Å². The van der Waals surface area contributed by atoms with E-state index in [2.05, 4.69) is 158 Å². The number of aromatic nitrogens is 4. The summed E-state index contributed by atoms with van der Waals surface area (Å²) in [5, 5.41) is 6.09. The van der Waals surface area contributed by atoms with E-state index in [1.54, 1.807) is 0 Å². The number of nitrogens with zero attached hydrogens (tertiary/aromatic N) is 4. The van der Waals surface area contributed by atoms with Crippen molar-refractivity contribution in [2.45, 2.75) is 0 Å². The normalized spacial score (nSPS) is 11.5. The number of para-hydroxylation sites is 1. The lowest BCUT2D eigenvalue weighted by atomic mass is 9.95. The Kier molecular flexibility index (Phi) is 7.97. The highest BCUT2D eigenvalue weighted by molar-refractivity contribution is 7.26. The second kappa shape index (κ2) is 13.7. The van der Waals surface area contributed by atoms with Crippen LogP contribution < -0.4 is 0 Å². The summed E-state index contributed by atoms with van der Waals surface area (Å²) in [5.74, 6) is 1.91. The van der Waals surface area contributed by atoms with Crippen molar-refractivity contribution in [3.8, 4) is 67.7 Å². The van der Waals surface area contributed by atoms with Crippen molar-refractivity contribution in [3.05, 3.63) is 194 Å². The van der Waals surface area contributed by atoms with Crippen LogP contribution in [0.15, 0.2) is 194 Å². The zero-order chi connectivity index (χ0) is 37.7. The van der Waals surface area contributed by atoms with Crippen molar-refractivity contribution in [1.82, 2.24) is 19.9 Å². The lowest BCUT2D eigenvalue weighted by Crippen LogP contribution is -2.00. The number of rotatable bonds is 6. The first-order chi connectivity index (χ1) is 28.2. The molecule has 0 saturated carbocycles. The van der Waals surface area contributed by atoms with Gasteiger partial charge in [0.05, 0.1) is 11.2 Å². The average molecular weight is 745 g/mol. The van der Waals surface area contributed by atoms with E-state index in [-0.39, 0.29) is 0 Å². The van der Waals surface area contributed by atoms with Crippen LogP contribution >= 0.6 is 11.3 Å². The Bertz CT molecular complexity index is 3290. The SMILES string of the molecule is c1ccc(-c2cccc(-c3nc(-c4ccccc4)nc(-c4cccc(-c5cccc6c5sc5ccc7c(-c8ccccc8)nc8ccccc8c7c56)c4)n3)c2)cc1. The molecule has 57 heavy (non-hydrogen) atoms. The largest absolute Gasteiger partial charge is 0.247 e. The summed E-state index contributed by atoms with van der Waals surface area (Å²) in [6.07, 6.45) is 0. The van der Waals surface area contributed by atoms with Gasteiger partial charge < -0.3 is 0 Å². The molecule has 0 amide bonds. The minimum absolute atomic E-state index is 0.632. The number of thiophene rings is 1. The van der Waals surface area contributed by atoms with Crippen LogP contribution in [0.25, 0.3) is 110 Å². The minimum atomic E-state index is 0.632. The Balaban J connectivity index is 1.08. The Morgan fingerprint density at radius 2 is 0.842 bits per heavy atom. The van der Waals surface area contributed by atoms with Crippen molar-refractivity contribution in [2.75, 3.05) is 0 Å². The van der Waals surface area contributed by atoms with Gasteiger partial charge in [0.2, 0.25) is 0 Å². The van der Waals surface area contributed by atoms with Crippen LogP contribution in [0.4, 0.5) is 0 Å². The highest BCUT2D eigenvalue weighted by Crippen LogP contribution is 2.46. The minimum Gasteiger partial charge on any atom is -0.247 e. The highest BCUT2D eigenvalue weighted by atomic mass is 32.1. The van der Waals surface area contributed by atoms with Crippen LogP contribution in [0.2, 0.25) is 0 Å². The Morgan fingerprint density at radius 1 is 0.316 bits per heavy atom. The average Bonchev–Trinajstić information content (AvgIpc) is 3.69. The molecule has 11 rings (SSSR count). The third kappa shape index (κ3) is 5.84. The summed E-state index contributed by atoms with van der Waals surface area (Å²) < 4.78 is 2.50. The van der Waals surface area contributed by atoms with E-state index in [9.17, 15) is 0 Å². The molecule has 0 bridgehead atoms. The summed E-state index contributed by atoms with van der Waals surface area (Å²) in [6, 6.07) is 67.9. The third-order valence-corrected chi connectivity index (χ3v) is 11.9. The van der Waals surface area contributed by atoms with E-state index in [1.165, 1.54) is 36.5 Å². The van der Waals surface area contributed by atoms with Gasteiger partial charge >= 0.3 is 0 Å². The molecule has 0 unspecified atom stereocenters. The van der Waals surface area contributed by atoms with E-state index < -0.39 is 0 Å². The quantitative estimate of drug-likeness (QED) is 0.159. The van der Waals surface area contributed by atoms with Crippen LogP contribution in [0.5, 0.6) is 0 Å². The van der Waals surface area contributed by atoms with Gasteiger partial charge in [0.25, 0.3) is 0 Å².